The maximum absolute atomic E-state index is 12.3. The maximum atomic E-state index is 12.3. The lowest BCUT2D eigenvalue weighted by Crippen LogP contribution is -2.16. The van der Waals surface area contributed by atoms with Gasteiger partial charge in [-0.3, -0.25) is 9.59 Å². The Hall–Kier alpha value is -1.58. The third-order valence-electron chi connectivity index (χ3n) is 3.32. The van der Waals surface area contributed by atoms with Gasteiger partial charge < -0.3 is 11.1 Å². The number of hydrogen-bond donors (Lipinski definition) is 2. The highest BCUT2D eigenvalue weighted by Gasteiger charge is 2.12. The van der Waals surface area contributed by atoms with E-state index in [2.05, 4.69) is 29.4 Å². The second-order valence-electron chi connectivity index (χ2n) is 5.08. The summed E-state index contributed by atoms with van der Waals surface area (Å²) < 4.78 is 1.37. The number of benzene rings is 1. The van der Waals surface area contributed by atoms with Crippen molar-refractivity contribution >= 4 is 52.4 Å². The molecular weight excluding hydrogens is 376 g/mol. The van der Waals surface area contributed by atoms with E-state index in [1.165, 1.54) is 34.9 Å². The first kappa shape index (κ1) is 19.7. The summed E-state index contributed by atoms with van der Waals surface area (Å²) in [6.45, 7) is 4.15. The average molecular weight is 397 g/mol. The zero-order valence-electron chi connectivity index (χ0n) is 14.1. The van der Waals surface area contributed by atoms with E-state index in [0.29, 0.717) is 8.68 Å². The van der Waals surface area contributed by atoms with E-state index < -0.39 is 5.91 Å². The Morgan fingerprint density at radius 3 is 2.16 bits per heavy atom. The number of nitrogens with one attached hydrogen (secondary N) is 1. The summed E-state index contributed by atoms with van der Waals surface area (Å²) in [5.41, 5.74) is 8.30. The van der Waals surface area contributed by atoms with E-state index in [-0.39, 0.29) is 17.4 Å². The highest BCUT2D eigenvalue weighted by Crippen LogP contribution is 2.29. The fourth-order valence-electron chi connectivity index (χ4n) is 2.15. The number of amides is 2. The molecule has 0 unspecified atom stereocenters. The number of aryl methyl sites for hydroxylation is 2. The lowest BCUT2D eigenvalue weighted by atomic mass is 10.0. The van der Waals surface area contributed by atoms with Crippen molar-refractivity contribution in [2.45, 2.75) is 35.4 Å². The molecule has 0 saturated heterocycles. The van der Waals surface area contributed by atoms with E-state index in [9.17, 15) is 9.59 Å². The van der Waals surface area contributed by atoms with Gasteiger partial charge in [0.15, 0.2) is 8.68 Å². The Balaban J connectivity index is 1.92. The smallest absolute Gasteiger partial charge is 0.234 e. The number of anilines is 1. The van der Waals surface area contributed by atoms with Gasteiger partial charge in [0.05, 0.1) is 11.5 Å². The molecule has 6 nitrogen and oxygen atoms in total. The molecule has 2 amide bonds. The molecule has 9 heteroatoms. The molecular formula is C16H20N4O2S3. The van der Waals surface area contributed by atoms with Crippen molar-refractivity contribution < 1.29 is 9.59 Å². The number of nitrogens with two attached hydrogens (primary N) is 1. The van der Waals surface area contributed by atoms with Crippen molar-refractivity contribution in [3.63, 3.8) is 0 Å². The first-order valence-corrected chi connectivity index (χ1v) is 10.6. The molecule has 25 heavy (non-hydrogen) atoms. The molecule has 0 aliphatic carbocycles. The van der Waals surface area contributed by atoms with Crippen LogP contribution in [0.3, 0.4) is 0 Å². The van der Waals surface area contributed by atoms with Gasteiger partial charge in [0.25, 0.3) is 0 Å². The standard InChI is InChI=1S/C16H20N4O2S3/c1-3-10-6-5-7-11(4-2)14(10)18-13(22)9-24-16-20-19-15(25-16)23-8-12(17)21/h5-7H,3-4,8-9H2,1-2H3,(H2,17,21)(H,18,22). The van der Waals surface area contributed by atoms with E-state index in [4.69, 9.17) is 5.73 Å². The van der Waals surface area contributed by atoms with Crippen molar-refractivity contribution in [1.82, 2.24) is 10.2 Å². The molecule has 0 bridgehead atoms. The lowest BCUT2D eigenvalue weighted by Gasteiger charge is -2.14. The summed E-state index contributed by atoms with van der Waals surface area (Å²) in [7, 11) is 0. The Kier molecular flexibility index (Phi) is 7.73. The van der Waals surface area contributed by atoms with Gasteiger partial charge in [0, 0.05) is 5.69 Å². The molecule has 2 aromatic rings. The summed E-state index contributed by atoms with van der Waals surface area (Å²) >= 11 is 3.94. The van der Waals surface area contributed by atoms with Crippen molar-refractivity contribution in [1.29, 1.82) is 0 Å². The first-order valence-electron chi connectivity index (χ1n) is 7.81. The molecule has 0 aliphatic rings. The Morgan fingerprint density at radius 1 is 1.08 bits per heavy atom. The zero-order chi connectivity index (χ0) is 18.2. The summed E-state index contributed by atoms with van der Waals surface area (Å²) in [6, 6.07) is 6.10. The Labute approximate surface area is 159 Å². The van der Waals surface area contributed by atoms with Gasteiger partial charge in [-0.15, -0.1) is 10.2 Å². The van der Waals surface area contributed by atoms with E-state index >= 15 is 0 Å². The van der Waals surface area contributed by atoms with Crippen LogP contribution in [0.4, 0.5) is 5.69 Å². The van der Waals surface area contributed by atoms with Gasteiger partial charge in [0.1, 0.15) is 0 Å². The number of rotatable bonds is 9. The number of thioether (sulfide) groups is 2. The van der Waals surface area contributed by atoms with Crippen LogP contribution >= 0.6 is 34.9 Å². The van der Waals surface area contributed by atoms with Crippen LogP contribution in [0.25, 0.3) is 0 Å². The molecule has 3 N–H and O–H groups in total. The number of nitrogens with zero attached hydrogens (tertiary/aromatic N) is 2. The van der Waals surface area contributed by atoms with Crippen molar-refractivity contribution in [3.8, 4) is 0 Å². The number of para-hydroxylation sites is 1. The van der Waals surface area contributed by atoms with Crippen LogP contribution in [0.5, 0.6) is 0 Å². The van der Waals surface area contributed by atoms with Crippen LogP contribution < -0.4 is 11.1 Å². The molecule has 0 saturated carbocycles. The molecule has 1 aromatic heterocycles. The third-order valence-corrected chi connectivity index (χ3v) is 6.53. The number of carbonyl (C=O) groups is 2. The van der Waals surface area contributed by atoms with Crippen LogP contribution in [0.1, 0.15) is 25.0 Å². The second-order valence-corrected chi connectivity index (χ2v) is 8.51. The topological polar surface area (TPSA) is 98.0 Å². The summed E-state index contributed by atoms with van der Waals surface area (Å²) in [6.07, 6.45) is 1.74. The summed E-state index contributed by atoms with van der Waals surface area (Å²) in [5.74, 6) is -0.0267. The summed E-state index contributed by atoms with van der Waals surface area (Å²) in [4.78, 5) is 23.1. The minimum absolute atomic E-state index is 0.0675. The fourth-order valence-corrected chi connectivity index (χ4v) is 4.71. The largest absolute Gasteiger partial charge is 0.369 e. The number of aromatic nitrogens is 2. The van der Waals surface area contributed by atoms with Crippen LogP contribution in [0.15, 0.2) is 26.9 Å². The number of carbonyl (C=O) groups excluding carboxylic acids is 2. The average Bonchev–Trinajstić information content (AvgIpc) is 3.06. The van der Waals surface area contributed by atoms with Crippen molar-refractivity contribution in [2.24, 2.45) is 5.73 Å². The van der Waals surface area contributed by atoms with Gasteiger partial charge in [0.2, 0.25) is 11.8 Å². The molecule has 134 valence electrons. The third kappa shape index (κ3) is 6.02. The highest BCUT2D eigenvalue weighted by atomic mass is 32.2. The van der Waals surface area contributed by atoms with Crippen LogP contribution in [0, 0.1) is 0 Å². The molecule has 1 aromatic carbocycles. The Bertz CT molecular complexity index is 726. The van der Waals surface area contributed by atoms with Crippen LogP contribution in [-0.2, 0) is 22.4 Å². The van der Waals surface area contributed by atoms with Gasteiger partial charge in [-0.05, 0) is 24.0 Å². The van der Waals surface area contributed by atoms with Gasteiger partial charge in [-0.1, -0.05) is 66.9 Å². The van der Waals surface area contributed by atoms with Gasteiger partial charge in [-0.2, -0.15) is 0 Å². The normalized spacial score (nSPS) is 10.6. The van der Waals surface area contributed by atoms with Crippen LogP contribution in [-0.4, -0.2) is 33.5 Å². The number of primary amides is 1. The molecule has 2 rings (SSSR count). The quantitative estimate of drug-likeness (QED) is 0.632. The molecule has 0 aliphatic heterocycles. The van der Waals surface area contributed by atoms with E-state index in [1.54, 1.807) is 0 Å². The fraction of sp³-hybridized carbons (Fsp3) is 0.375. The first-order chi connectivity index (χ1) is 12.0. The predicted octanol–water partition coefficient (Wildman–Crippen LogP) is 2.97. The minimum Gasteiger partial charge on any atom is -0.369 e. The highest BCUT2D eigenvalue weighted by molar-refractivity contribution is 8.03. The van der Waals surface area contributed by atoms with Crippen molar-refractivity contribution in [2.75, 3.05) is 16.8 Å². The monoisotopic (exact) mass is 396 g/mol. The lowest BCUT2D eigenvalue weighted by molar-refractivity contribution is -0.115. The Morgan fingerprint density at radius 2 is 1.64 bits per heavy atom. The van der Waals surface area contributed by atoms with Crippen molar-refractivity contribution in [3.05, 3.63) is 29.3 Å². The minimum atomic E-state index is -0.393. The molecule has 0 radical (unpaired) electrons. The van der Waals surface area contributed by atoms with Gasteiger partial charge in [-0.25, -0.2) is 0 Å². The molecule has 0 atom stereocenters. The maximum Gasteiger partial charge on any atom is 0.234 e. The van der Waals surface area contributed by atoms with E-state index in [0.717, 1.165) is 29.7 Å². The number of hydrogen-bond acceptors (Lipinski definition) is 7. The molecule has 0 fully saturated rings. The molecule has 1 heterocycles. The second kappa shape index (κ2) is 9.79. The molecule has 0 spiro atoms. The van der Waals surface area contributed by atoms with Crippen LogP contribution in [0.2, 0.25) is 0 Å². The SMILES string of the molecule is CCc1cccc(CC)c1NC(=O)CSc1nnc(SCC(N)=O)s1. The van der Waals surface area contributed by atoms with Gasteiger partial charge >= 0.3 is 0 Å². The zero-order valence-corrected chi connectivity index (χ0v) is 16.5. The van der Waals surface area contributed by atoms with E-state index in [1.807, 2.05) is 18.2 Å². The predicted molar refractivity (Wildman–Crippen MR) is 104 cm³/mol. The summed E-state index contributed by atoms with van der Waals surface area (Å²) in [5, 5.41) is 11.0.